The standard InChI is InChI=1S/C36H38Cl3NO6/c37-36(38,39)35(40)46-34-33(44-24-29-19-11-4-12-20-29)32(43-23-28-17-9-3-10-18-28)31(42-22-27-15-7-2-8-16-27)30(45-34)25-41-21-26-13-5-1-6-14-26/h1-20,30-35H,21-25,40H2/t30?,31-,32-,33+,34?,35?/m0/s1. The van der Waals surface area contributed by atoms with Gasteiger partial charge in [0.2, 0.25) is 3.79 Å². The number of alkyl halides is 3. The Morgan fingerprint density at radius 3 is 1.39 bits per heavy atom. The second-order valence-electron chi connectivity index (χ2n) is 10.9. The van der Waals surface area contributed by atoms with Gasteiger partial charge < -0.3 is 34.2 Å². The van der Waals surface area contributed by atoms with E-state index in [9.17, 15) is 0 Å². The molecule has 7 nitrogen and oxygen atoms in total. The number of ether oxygens (including phenoxy) is 6. The first-order valence-electron chi connectivity index (χ1n) is 15.1. The average molecular weight is 687 g/mol. The molecule has 0 aromatic heterocycles. The summed E-state index contributed by atoms with van der Waals surface area (Å²) in [5.41, 5.74) is 10.1. The van der Waals surface area contributed by atoms with Crippen molar-refractivity contribution in [3.63, 3.8) is 0 Å². The van der Waals surface area contributed by atoms with Gasteiger partial charge in [-0.05, 0) is 22.3 Å². The van der Waals surface area contributed by atoms with E-state index in [4.69, 9.17) is 69.0 Å². The molecule has 4 aromatic carbocycles. The van der Waals surface area contributed by atoms with Crippen LogP contribution >= 0.6 is 34.8 Å². The van der Waals surface area contributed by atoms with Gasteiger partial charge in [0.05, 0.1) is 33.0 Å². The fourth-order valence-corrected chi connectivity index (χ4v) is 5.23. The zero-order chi connectivity index (χ0) is 32.2. The molecule has 0 amide bonds. The molecule has 1 saturated heterocycles. The molecule has 10 heteroatoms. The normalized spacial score (nSPS) is 22.4. The molecule has 0 spiro atoms. The molecule has 6 atom stereocenters. The maximum absolute atomic E-state index is 6.66. The summed E-state index contributed by atoms with van der Waals surface area (Å²) in [6, 6.07) is 39.4. The van der Waals surface area contributed by atoms with Crippen molar-refractivity contribution >= 4 is 34.8 Å². The Labute approximate surface area is 285 Å². The van der Waals surface area contributed by atoms with Crippen molar-refractivity contribution < 1.29 is 28.4 Å². The molecule has 0 bridgehead atoms. The Hall–Kier alpha value is -2.53. The Morgan fingerprint density at radius 2 is 0.957 bits per heavy atom. The summed E-state index contributed by atoms with van der Waals surface area (Å²) >= 11 is 18.4. The van der Waals surface area contributed by atoms with Crippen LogP contribution in [0.2, 0.25) is 0 Å². The molecule has 3 unspecified atom stereocenters. The molecule has 0 saturated carbocycles. The van der Waals surface area contributed by atoms with Crippen LogP contribution in [0.25, 0.3) is 0 Å². The van der Waals surface area contributed by atoms with Crippen LogP contribution in [0.15, 0.2) is 121 Å². The quantitative estimate of drug-likeness (QED) is 0.103. The monoisotopic (exact) mass is 685 g/mol. The third-order valence-corrected chi connectivity index (χ3v) is 8.09. The molecule has 1 heterocycles. The zero-order valence-electron chi connectivity index (χ0n) is 25.2. The molecule has 5 rings (SSSR count). The van der Waals surface area contributed by atoms with Crippen molar-refractivity contribution in [2.24, 2.45) is 5.73 Å². The second kappa shape index (κ2) is 17.6. The lowest BCUT2D eigenvalue weighted by molar-refractivity contribution is -0.335. The first-order chi connectivity index (χ1) is 22.4. The van der Waals surface area contributed by atoms with E-state index in [1.165, 1.54) is 0 Å². The second-order valence-corrected chi connectivity index (χ2v) is 13.3. The van der Waals surface area contributed by atoms with Gasteiger partial charge in [-0.1, -0.05) is 156 Å². The van der Waals surface area contributed by atoms with Crippen LogP contribution in [0.3, 0.4) is 0 Å². The van der Waals surface area contributed by atoms with Gasteiger partial charge in [0.1, 0.15) is 24.4 Å². The Morgan fingerprint density at radius 1 is 0.565 bits per heavy atom. The van der Waals surface area contributed by atoms with Crippen LogP contribution in [-0.2, 0) is 54.8 Å². The minimum absolute atomic E-state index is 0.161. The average Bonchev–Trinajstić information content (AvgIpc) is 3.07. The van der Waals surface area contributed by atoms with E-state index in [-0.39, 0.29) is 19.8 Å². The van der Waals surface area contributed by atoms with Crippen molar-refractivity contribution in [2.75, 3.05) is 6.61 Å². The van der Waals surface area contributed by atoms with Crippen molar-refractivity contribution in [1.82, 2.24) is 0 Å². The minimum Gasteiger partial charge on any atom is -0.374 e. The Kier molecular flexibility index (Phi) is 13.3. The van der Waals surface area contributed by atoms with Crippen LogP contribution in [0.5, 0.6) is 0 Å². The van der Waals surface area contributed by atoms with Crippen molar-refractivity contribution in [2.45, 2.75) is 67.2 Å². The van der Waals surface area contributed by atoms with E-state index in [2.05, 4.69) is 0 Å². The smallest absolute Gasteiger partial charge is 0.229 e. The molecule has 1 aliphatic rings. The van der Waals surface area contributed by atoms with Gasteiger partial charge in [-0.3, -0.25) is 0 Å². The maximum atomic E-state index is 6.66. The summed E-state index contributed by atoms with van der Waals surface area (Å²) in [6.45, 7) is 1.36. The predicted octanol–water partition coefficient (Wildman–Crippen LogP) is 7.36. The molecule has 0 aliphatic carbocycles. The molecule has 244 valence electrons. The number of hydrogen-bond donors (Lipinski definition) is 1. The van der Waals surface area contributed by atoms with E-state index < -0.39 is 40.7 Å². The molecule has 1 aliphatic heterocycles. The van der Waals surface area contributed by atoms with Gasteiger partial charge in [0.25, 0.3) is 0 Å². The maximum Gasteiger partial charge on any atom is 0.229 e. The summed E-state index contributed by atoms with van der Waals surface area (Å²) in [7, 11) is 0. The van der Waals surface area contributed by atoms with Crippen molar-refractivity contribution in [3.8, 4) is 0 Å². The first kappa shape index (κ1) is 34.8. The summed E-state index contributed by atoms with van der Waals surface area (Å²) in [5, 5.41) is 0. The summed E-state index contributed by atoms with van der Waals surface area (Å²) in [4.78, 5) is 0. The van der Waals surface area contributed by atoms with Gasteiger partial charge in [-0.2, -0.15) is 0 Å². The van der Waals surface area contributed by atoms with Crippen molar-refractivity contribution in [1.29, 1.82) is 0 Å². The number of benzene rings is 4. The van der Waals surface area contributed by atoms with Crippen LogP contribution in [0.4, 0.5) is 0 Å². The highest BCUT2D eigenvalue weighted by atomic mass is 35.6. The highest BCUT2D eigenvalue weighted by molar-refractivity contribution is 6.68. The number of rotatable bonds is 15. The van der Waals surface area contributed by atoms with Crippen molar-refractivity contribution in [3.05, 3.63) is 144 Å². The van der Waals surface area contributed by atoms with Crippen LogP contribution in [0.1, 0.15) is 22.3 Å². The molecule has 4 aromatic rings. The molecule has 46 heavy (non-hydrogen) atoms. The minimum atomic E-state index is -1.92. The van der Waals surface area contributed by atoms with Gasteiger partial charge in [-0.15, -0.1) is 0 Å². The van der Waals surface area contributed by atoms with Crippen LogP contribution in [0, 0.1) is 0 Å². The summed E-state index contributed by atoms with van der Waals surface area (Å²) < 4.78 is 36.7. The fraction of sp³-hybridized carbons (Fsp3) is 0.333. The highest BCUT2D eigenvalue weighted by Gasteiger charge is 2.50. The van der Waals surface area contributed by atoms with Gasteiger partial charge in [0, 0.05) is 0 Å². The van der Waals surface area contributed by atoms with Gasteiger partial charge in [0.15, 0.2) is 12.5 Å². The third kappa shape index (κ3) is 10.5. The molecule has 1 fully saturated rings. The first-order valence-corrected chi connectivity index (χ1v) is 16.2. The van der Waals surface area contributed by atoms with E-state index >= 15 is 0 Å². The van der Waals surface area contributed by atoms with E-state index in [1.54, 1.807) is 0 Å². The largest absolute Gasteiger partial charge is 0.374 e. The molecule has 2 N–H and O–H groups in total. The van der Waals surface area contributed by atoms with Gasteiger partial charge in [-0.25, -0.2) is 0 Å². The highest BCUT2D eigenvalue weighted by Crippen LogP contribution is 2.35. The van der Waals surface area contributed by atoms with E-state index in [1.807, 2.05) is 121 Å². The number of halogens is 3. The number of hydrogen-bond acceptors (Lipinski definition) is 7. The van der Waals surface area contributed by atoms with Crippen LogP contribution < -0.4 is 5.73 Å². The Balaban J connectivity index is 1.46. The lowest BCUT2D eigenvalue weighted by Crippen LogP contribution is -2.63. The molecular formula is C36H38Cl3NO6. The molecular weight excluding hydrogens is 649 g/mol. The Bertz CT molecular complexity index is 1420. The lowest BCUT2D eigenvalue weighted by atomic mass is 9.97. The SMILES string of the molecule is NC(OC1OC(COCc2ccccc2)[C@H](OCc2ccccc2)[C@H](OCc2ccccc2)[C@H]1OCc1ccccc1)C(Cl)(Cl)Cl. The third-order valence-electron chi connectivity index (χ3n) is 7.44. The topological polar surface area (TPSA) is 81.4 Å². The van der Waals surface area contributed by atoms with E-state index in [0.29, 0.717) is 13.2 Å². The van der Waals surface area contributed by atoms with Crippen LogP contribution in [-0.4, -0.2) is 47.3 Å². The van der Waals surface area contributed by atoms with Gasteiger partial charge >= 0.3 is 0 Å². The zero-order valence-corrected chi connectivity index (χ0v) is 27.5. The fourth-order valence-electron chi connectivity index (χ4n) is 5.08. The summed E-state index contributed by atoms with van der Waals surface area (Å²) in [6.07, 6.45) is -5.22. The molecule has 0 radical (unpaired) electrons. The van der Waals surface area contributed by atoms with E-state index in [0.717, 1.165) is 22.3 Å². The predicted molar refractivity (Wildman–Crippen MR) is 179 cm³/mol. The lowest BCUT2D eigenvalue weighted by Gasteiger charge is -2.46. The number of nitrogens with two attached hydrogens (primary N) is 1. The summed E-state index contributed by atoms with van der Waals surface area (Å²) in [5.74, 6) is 0.